The minimum absolute atomic E-state index is 0.573. The molecule has 3 nitrogen and oxygen atoms in total. The van der Waals surface area contributed by atoms with Crippen LogP contribution >= 0.6 is 11.8 Å². The lowest BCUT2D eigenvalue weighted by atomic mass is 10.0. The summed E-state index contributed by atoms with van der Waals surface area (Å²) >= 11 is 1.95. The molecular weight excluding hydrogens is 282 g/mol. The van der Waals surface area contributed by atoms with Crippen LogP contribution in [-0.4, -0.2) is 32.6 Å². The summed E-state index contributed by atoms with van der Waals surface area (Å²) in [5.41, 5.74) is 2.48. The van der Waals surface area contributed by atoms with E-state index in [0.29, 0.717) is 6.04 Å². The molecule has 1 N–H and O–H groups in total. The molecule has 1 fully saturated rings. The molecule has 2 rings (SSSR count). The van der Waals surface area contributed by atoms with Gasteiger partial charge in [0.05, 0.1) is 14.2 Å². The summed E-state index contributed by atoms with van der Waals surface area (Å²) in [6.45, 7) is 3.35. The van der Waals surface area contributed by atoms with Gasteiger partial charge in [0.2, 0.25) is 0 Å². The van der Waals surface area contributed by atoms with Gasteiger partial charge in [-0.2, -0.15) is 11.8 Å². The molecule has 1 atom stereocenters. The number of hydrogen-bond donors (Lipinski definition) is 1. The second kappa shape index (κ2) is 8.54. The monoisotopic (exact) mass is 309 g/mol. The van der Waals surface area contributed by atoms with E-state index in [0.717, 1.165) is 30.2 Å². The van der Waals surface area contributed by atoms with Crippen molar-refractivity contribution in [2.75, 3.05) is 26.5 Å². The Labute approximate surface area is 132 Å². The van der Waals surface area contributed by atoms with Crippen molar-refractivity contribution in [1.82, 2.24) is 5.32 Å². The van der Waals surface area contributed by atoms with Crippen molar-refractivity contribution >= 4 is 11.8 Å². The van der Waals surface area contributed by atoms with E-state index < -0.39 is 0 Å². The van der Waals surface area contributed by atoms with Gasteiger partial charge in [0.25, 0.3) is 0 Å². The highest BCUT2D eigenvalue weighted by Crippen LogP contribution is 2.33. The highest BCUT2D eigenvalue weighted by atomic mass is 32.2. The number of nitrogens with one attached hydrogen (secondary N) is 1. The second-order valence-electron chi connectivity index (χ2n) is 5.53. The van der Waals surface area contributed by atoms with E-state index in [4.69, 9.17) is 9.47 Å². The van der Waals surface area contributed by atoms with E-state index in [1.54, 1.807) is 14.2 Å². The fraction of sp³-hybridized carbons (Fsp3) is 0.647. The number of methoxy groups -OCH3 is 2. The quantitative estimate of drug-likeness (QED) is 0.743. The maximum absolute atomic E-state index is 5.61. The molecule has 0 spiro atoms. The largest absolute Gasteiger partial charge is 0.496 e. The summed E-state index contributed by atoms with van der Waals surface area (Å²) in [6, 6.07) is 4.90. The van der Waals surface area contributed by atoms with E-state index in [-0.39, 0.29) is 0 Å². The Kier molecular flexibility index (Phi) is 6.71. The van der Waals surface area contributed by atoms with Gasteiger partial charge in [-0.25, -0.2) is 0 Å². The van der Waals surface area contributed by atoms with Gasteiger partial charge in [-0.15, -0.1) is 0 Å². The Morgan fingerprint density at radius 3 is 2.52 bits per heavy atom. The van der Waals surface area contributed by atoms with E-state index >= 15 is 0 Å². The molecule has 4 heteroatoms. The molecule has 1 aliphatic heterocycles. The van der Waals surface area contributed by atoms with Crippen LogP contribution in [-0.2, 0) is 12.2 Å². The first-order chi connectivity index (χ1) is 10.3. The summed E-state index contributed by atoms with van der Waals surface area (Å²) in [5, 5.41) is 3.55. The third-order valence-electron chi connectivity index (χ3n) is 3.92. The minimum Gasteiger partial charge on any atom is -0.496 e. The van der Waals surface area contributed by atoms with Gasteiger partial charge in [-0.1, -0.05) is 6.92 Å². The number of benzene rings is 1. The van der Waals surface area contributed by atoms with Crippen molar-refractivity contribution in [3.8, 4) is 11.5 Å². The van der Waals surface area contributed by atoms with Crippen molar-refractivity contribution in [2.45, 2.75) is 44.4 Å². The topological polar surface area (TPSA) is 30.5 Å². The van der Waals surface area contributed by atoms with Crippen LogP contribution in [0.15, 0.2) is 12.1 Å². The van der Waals surface area contributed by atoms with E-state index in [9.17, 15) is 0 Å². The predicted molar refractivity (Wildman–Crippen MR) is 90.7 cm³/mol. The molecule has 0 radical (unpaired) electrons. The average molecular weight is 309 g/mol. The number of thioether (sulfide) groups is 1. The lowest BCUT2D eigenvalue weighted by Crippen LogP contribution is -2.23. The molecule has 1 aromatic carbocycles. The Bertz CT molecular complexity index is 445. The summed E-state index contributed by atoms with van der Waals surface area (Å²) in [4.78, 5) is 0. The smallest absolute Gasteiger partial charge is 0.123 e. The molecule has 118 valence electrons. The third-order valence-corrected chi connectivity index (χ3v) is 5.13. The van der Waals surface area contributed by atoms with E-state index in [1.165, 1.54) is 36.1 Å². The van der Waals surface area contributed by atoms with Crippen molar-refractivity contribution in [3.63, 3.8) is 0 Å². The zero-order chi connectivity index (χ0) is 15.1. The van der Waals surface area contributed by atoms with Crippen LogP contribution in [0.25, 0.3) is 0 Å². The van der Waals surface area contributed by atoms with Crippen LogP contribution < -0.4 is 14.8 Å². The first-order valence-corrected chi connectivity index (χ1v) is 8.98. The molecule has 1 aliphatic rings. The number of hydrogen-bond acceptors (Lipinski definition) is 4. The fourth-order valence-electron chi connectivity index (χ4n) is 2.82. The Balaban J connectivity index is 2.15. The lowest BCUT2D eigenvalue weighted by Gasteiger charge is -2.17. The highest BCUT2D eigenvalue weighted by molar-refractivity contribution is 7.98. The van der Waals surface area contributed by atoms with Crippen molar-refractivity contribution in [2.24, 2.45) is 0 Å². The van der Waals surface area contributed by atoms with Crippen LogP contribution in [0.1, 0.15) is 37.3 Å². The van der Waals surface area contributed by atoms with Gasteiger partial charge in [0, 0.05) is 17.4 Å². The zero-order valence-electron chi connectivity index (χ0n) is 13.4. The summed E-state index contributed by atoms with van der Waals surface area (Å²) < 4.78 is 11.2. The molecule has 0 bridgehead atoms. The summed E-state index contributed by atoms with van der Waals surface area (Å²) in [7, 11) is 3.52. The van der Waals surface area contributed by atoms with Gasteiger partial charge >= 0.3 is 0 Å². The lowest BCUT2D eigenvalue weighted by molar-refractivity contribution is 0.394. The van der Waals surface area contributed by atoms with Gasteiger partial charge in [0.15, 0.2) is 0 Å². The van der Waals surface area contributed by atoms with Crippen molar-refractivity contribution in [3.05, 3.63) is 23.3 Å². The van der Waals surface area contributed by atoms with E-state index in [2.05, 4.69) is 24.4 Å². The van der Waals surface area contributed by atoms with Gasteiger partial charge in [0.1, 0.15) is 11.5 Å². The number of rotatable bonds is 8. The molecule has 1 heterocycles. The second-order valence-corrected chi connectivity index (χ2v) is 6.63. The molecule has 0 saturated carbocycles. The van der Waals surface area contributed by atoms with Gasteiger partial charge < -0.3 is 14.8 Å². The highest BCUT2D eigenvalue weighted by Gasteiger charge is 2.18. The number of ether oxygens (including phenoxy) is 2. The first-order valence-electron chi connectivity index (χ1n) is 7.83. The first kappa shape index (κ1) is 16.5. The van der Waals surface area contributed by atoms with Crippen molar-refractivity contribution < 1.29 is 9.47 Å². The maximum atomic E-state index is 5.61. The Morgan fingerprint density at radius 1 is 1.19 bits per heavy atom. The predicted octanol–water partition coefficient (Wildman–Crippen LogP) is 3.64. The molecule has 21 heavy (non-hydrogen) atoms. The van der Waals surface area contributed by atoms with Crippen LogP contribution in [0, 0.1) is 0 Å². The van der Waals surface area contributed by atoms with Crippen LogP contribution in [0.5, 0.6) is 11.5 Å². The molecule has 0 aromatic heterocycles. The molecule has 0 aliphatic carbocycles. The standard InChI is InChI=1S/C17H27NO2S/c1-4-8-21-12-14-11-16(19-2)13(10-17(14)20-3)9-15-6-5-7-18-15/h10-11,15,18H,4-9,12H2,1-3H3/t15-/m0/s1. The summed E-state index contributed by atoms with van der Waals surface area (Å²) in [5.74, 6) is 4.15. The Morgan fingerprint density at radius 2 is 1.90 bits per heavy atom. The molecular formula is C17H27NO2S. The summed E-state index contributed by atoms with van der Waals surface area (Å²) in [6.07, 6.45) is 4.74. The average Bonchev–Trinajstić information content (AvgIpc) is 3.01. The van der Waals surface area contributed by atoms with Crippen molar-refractivity contribution in [1.29, 1.82) is 0 Å². The van der Waals surface area contributed by atoms with Crippen LogP contribution in [0.3, 0.4) is 0 Å². The molecule has 0 amide bonds. The third kappa shape index (κ3) is 4.55. The SMILES string of the molecule is CCCSCc1cc(OC)c(C[C@@H]2CCCN2)cc1OC. The van der Waals surface area contributed by atoms with E-state index in [1.807, 2.05) is 11.8 Å². The van der Waals surface area contributed by atoms with Gasteiger partial charge in [-0.05, 0) is 55.7 Å². The Hall–Kier alpha value is -0.870. The maximum Gasteiger partial charge on any atom is 0.123 e. The fourth-order valence-corrected chi connectivity index (χ4v) is 3.70. The minimum atomic E-state index is 0.573. The van der Waals surface area contributed by atoms with Gasteiger partial charge in [-0.3, -0.25) is 0 Å². The molecule has 1 saturated heterocycles. The normalized spacial score (nSPS) is 18.0. The van der Waals surface area contributed by atoms with Crippen LogP contribution in [0.2, 0.25) is 0 Å². The van der Waals surface area contributed by atoms with Crippen LogP contribution in [0.4, 0.5) is 0 Å². The molecule has 0 unspecified atom stereocenters. The molecule has 1 aromatic rings. The zero-order valence-corrected chi connectivity index (χ0v) is 14.2.